The second-order valence-corrected chi connectivity index (χ2v) is 6.84. The lowest BCUT2D eigenvalue weighted by Crippen LogP contribution is -2.29. The zero-order valence-electron chi connectivity index (χ0n) is 13.8. The van der Waals surface area contributed by atoms with Crippen molar-refractivity contribution in [2.75, 3.05) is 4.90 Å². The van der Waals surface area contributed by atoms with Gasteiger partial charge in [0.1, 0.15) is 0 Å². The summed E-state index contributed by atoms with van der Waals surface area (Å²) in [6, 6.07) is 17.8. The number of nitrogens with zero attached hydrogens (tertiary/aromatic N) is 1. The Bertz CT molecular complexity index is 1110. The number of carbonyl (C=O) groups is 3. The quantitative estimate of drug-likeness (QED) is 0.461. The first-order valence-corrected chi connectivity index (χ1v) is 8.80. The van der Waals surface area contributed by atoms with Gasteiger partial charge in [-0.15, -0.1) is 0 Å². The van der Waals surface area contributed by atoms with Crippen LogP contribution in [0.5, 0.6) is 0 Å². The van der Waals surface area contributed by atoms with Gasteiger partial charge < -0.3 is 0 Å². The van der Waals surface area contributed by atoms with Crippen molar-refractivity contribution in [3.63, 3.8) is 0 Å². The van der Waals surface area contributed by atoms with E-state index in [1.54, 1.807) is 36.4 Å². The maximum absolute atomic E-state index is 12.9. The normalized spacial score (nSPS) is 13.0. The Kier molecular flexibility index (Phi) is 4.30. The molecule has 0 atom stereocenters. The number of hydrogen-bond donors (Lipinski definition) is 0. The number of fused-ring (bicyclic) bond motifs is 1. The largest absolute Gasteiger partial charge is 0.289 e. The van der Waals surface area contributed by atoms with Crippen molar-refractivity contribution < 1.29 is 14.4 Å². The minimum absolute atomic E-state index is 0.174. The van der Waals surface area contributed by atoms with Crippen molar-refractivity contribution >= 4 is 46.5 Å². The molecule has 0 N–H and O–H groups in total. The second kappa shape index (κ2) is 6.65. The summed E-state index contributed by atoms with van der Waals surface area (Å²) in [5.41, 5.74) is 1.50. The van der Waals surface area contributed by atoms with Crippen LogP contribution in [0.3, 0.4) is 0 Å². The van der Waals surface area contributed by atoms with Crippen LogP contribution in [0.15, 0.2) is 66.7 Å². The number of amides is 2. The van der Waals surface area contributed by atoms with E-state index in [4.69, 9.17) is 23.2 Å². The summed E-state index contributed by atoms with van der Waals surface area (Å²) in [5.74, 6) is -1.23. The van der Waals surface area contributed by atoms with E-state index in [2.05, 4.69) is 0 Å². The number of benzene rings is 3. The number of carbonyl (C=O) groups excluding carboxylic acids is 3. The number of hydrogen-bond acceptors (Lipinski definition) is 3. The Labute approximate surface area is 164 Å². The van der Waals surface area contributed by atoms with Gasteiger partial charge >= 0.3 is 0 Å². The molecule has 0 spiro atoms. The first-order valence-electron chi connectivity index (χ1n) is 8.05. The molecule has 132 valence electrons. The molecular formula is C21H11Cl2NO3. The van der Waals surface area contributed by atoms with Crippen molar-refractivity contribution in [1.82, 2.24) is 0 Å². The fourth-order valence-electron chi connectivity index (χ4n) is 3.02. The molecule has 0 bridgehead atoms. The SMILES string of the molecule is O=C(c1ccccc1)c1ccc2c(c1)C(=O)N(c1ccc(Cl)cc1Cl)C2=O. The van der Waals surface area contributed by atoms with Crippen molar-refractivity contribution in [3.8, 4) is 0 Å². The van der Waals surface area contributed by atoms with Crippen LogP contribution in [0.1, 0.15) is 36.6 Å². The molecule has 0 saturated carbocycles. The molecule has 0 aliphatic carbocycles. The van der Waals surface area contributed by atoms with E-state index in [0.29, 0.717) is 16.1 Å². The fraction of sp³-hybridized carbons (Fsp3) is 0. The molecule has 27 heavy (non-hydrogen) atoms. The number of halogens is 2. The summed E-state index contributed by atoms with van der Waals surface area (Å²) in [7, 11) is 0. The monoisotopic (exact) mass is 395 g/mol. The topological polar surface area (TPSA) is 54.5 Å². The number of anilines is 1. The number of rotatable bonds is 3. The number of imide groups is 1. The highest BCUT2D eigenvalue weighted by molar-refractivity contribution is 6.41. The van der Waals surface area contributed by atoms with Crippen LogP contribution in [-0.2, 0) is 0 Å². The predicted molar refractivity (Wildman–Crippen MR) is 104 cm³/mol. The van der Waals surface area contributed by atoms with Crippen molar-refractivity contribution in [1.29, 1.82) is 0 Å². The van der Waals surface area contributed by atoms with Gasteiger partial charge in [0.2, 0.25) is 0 Å². The van der Waals surface area contributed by atoms with E-state index in [9.17, 15) is 14.4 Å². The van der Waals surface area contributed by atoms with Gasteiger partial charge in [-0.3, -0.25) is 14.4 Å². The minimum atomic E-state index is -0.526. The van der Waals surface area contributed by atoms with E-state index >= 15 is 0 Å². The molecule has 3 aromatic rings. The van der Waals surface area contributed by atoms with Gasteiger partial charge in [0, 0.05) is 16.1 Å². The molecule has 0 fully saturated rings. The third kappa shape index (κ3) is 2.93. The van der Waals surface area contributed by atoms with Crippen LogP contribution in [0, 0.1) is 0 Å². The van der Waals surface area contributed by atoms with Gasteiger partial charge in [-0.1, -0.05) is 59.6 Å². The highest BCUT2D eigenvalue weighted by Crippen LogP contribution is 2.35. The molecule has 6 heteroatoms. The van der Waals surface area contributed by atoms with Crippen molar-refractivity contribution in [2.45, 2.75) is 0 Å². The zero-order chi connectivity index (χ0) is 19.1. The van der Waals surface area contributed by atoms with E-state index in [1.165, 1.54) is 24.3 Å². The average molecular weight is 396 g/mol. The smallest absolute Gasteiger partial charge is 0.266 e. The molecule has 0 saturated heterocycles. The van der Waals surface area contributed by atoms with E-state index in [1.807, 2.05) is 6.07 Å². The summed E-state index contributed by atoms with van der Waals surface area (Å²) >= 11 is 12.0. The third-order valence-corrected chi connectivity index (χ3v) is 4.87. The Morgan fingerprint density at radius 1 is 0.741 bits per heavy atom. The van der Waals surface area contributed by atoms with Gasteiger partial charge in [0.15, 0.2) is 5.78 Å². The van der Waals surface area contributed by atoms with Crippen LogP contribution >= 0.6 is 23.2 Å². The lowest BCUT2D eigenvalue weighted by Gasteiger charge is -2.15. The summed E-state index contributed by atoms with van der Waals surface area (Å²) in [6.45, 7) is 0. The standard InChI is InChI=1S/C21H11Cl2NO3/c22-14-7-9-18(17(23)11-14)24-20(26)15-8-6-13(10-16(15)21(24)27)19(25)12-4-2-1-3-5-12/h1-11H. The summed E-state index contributed by atoms with van der Waals surface area (Å²) in [6.07, 6.45) is 0. The highest BCUT2D eigenvalue weighted by Gasteiger charge is 2.38. The zero-order valence-corrected chi connectivity index (χ0v) is 15.3. The van der Waals surface area contributed by atoms with Crippen LogP contribution in [0.4, 0.5) is 5.69 Å². The molecule has 0 radical (unpaired) electrons. The Hall–Kier alpha value is -2.95. The molecule has 2 amide bonds. The first-order chi connectivity index (χ1) is 13.0. The van der Waals surface area contributed by atoms with Gasteiger partial charge in [-0.05, 0) is 30.3 Å². The summed E-state index contributed by atoms with van der Waals surface area (Å²) in [5, 5.41) is 0.591. The maximum atomic E-state index is 12.9. The third-order valence-electron chi connectivity index (χ3n) is 4.34. The van der Waals surface area contributed by atoms with Crippen LogP contribution < -0.4 is 4.90 Å². The number of ketones is 1. The van der Waals surface area contributed by atoms with Gasteiger partial charge in [0.05, 0.1) is 21.8 Å². The highest BCUT2D eigenvalue weighted by atomic mass is 35.5. The van der Waals surface area contributed by atoms with E-state index in [-0.39, 0.29) is 27.6 Å². The van der Waals surface area contributed by atoms with Gasteiger partial charge in [-0.2, -0.15) is 0 Å². The summed E-state index contributed by atoms with van der Waals surface area (Å²) in [4.78, 5) is 39.2. The fourth-order valence-corrected chi connectivity index (χ4v) is 3.51. The molecule has 1 aliphatic heterocycles. The second-order valence-electron chi connectivity index (χ2n) is 6.00. The maximum Gasteiger partial charge on any atom is 0.266 e. The first kappa shape index (κ1) is 17.5. The van der Waals surface area contributed by atoms with Crippen LogP contribution in [0.25, 0.3) is 0 Å². The molecule has 4 rings (SSSR count). The molecule has 1 aliphatic rings. The van der Waals surface area contributed by atoms with E-state index < -0.39 is 11.8 Å². The molecule has 0 unspecified atom stereocenters. The Balaban J connectivity index is 1.75. The van der Waals surface area contributed by atoms with Crippen LogP contribution in [0.2, 0.25) is 10.0 Å². The Morgan fingerprint density at radius 3 is 2.15 bits per heavy atom. The van der Waals surface area contributed by atoms with Crippen molar-refractivity contribution in [2.24, 2.45) is 0 Å². The lowest BCUT2D eigenvalue weighted by atomic mass is 9.99. The molecule has 0 aromatic heterocycles. The molecule has 4 nitrogen and oxygen atoms in total. The average Bonchev–Trinajstić information content (AvgIpc) is 2.92. The minimum Gasteiger partial charge on any atom is -0.289 e. The van der Waals surface area contributed by atoms with Crippen molar-refractivity contribution in [3.05, 3.63) is 99.0 Å². The Morgan fingerprint density at radius 2 is 1.44 bits per heavy atom. The molecule has 3 aromatic carbocycles. The van der Waals surface area contributed by atoms with Gasteiger partial charge in [0.25, 0.3) is 11.8 Å². The van der Waals surface area contributed by atoms with Gasteiger partial charge in [-0.25, -0.2) is 4.90 Å². The van der Waals surface area contributed by atoms with Crippen LogP contribution in [-0.4, -0.2) is 17.6 Å². The van der Waals surface area contributed by atoms with E-state index in [0.717, 1.165) is 4.90 Å². The summed E-state index contributed by atoms with van der Waals surface area (Å²) < 4.78 is 0. The lowest BCUT2D eigenvalue weighted by molar-refractivity contribution is 0.0925. The predicted octanol–water partition coefficient (Wildman–Crippen LogP) is 5.03. The molecular weight excluding hydrogens is 385 g/mol. The molecule has 1 heterocycles.